The second-order valence-corrected chi connectivity index (χ2v) is 10.4. The van der Waals surface area contributed by atoms with Crippen molar-refractivity contribution in [3.63, 3.8) is 0 Å². The Morgan fingerprint density at radius 3 is 1.84 bits per heavy atom. The van der Waals surface area contributed by atoms with Gasteiger partial charge in [-0.2, -0.15) is 0 Å². The average molecular weight is 528 g/mol. The number of thioether (sulfide) groups is 2. The molecule has 0 unspecified atom stereocenters. The van der Waals surface area contributed by atoms with Crippen molar-refractivity contribution in [1.29, 1.82) is 0 Å². The summed E-state index contributed by atoms with van der Waals surface area (Å²) in [7, 11) is 1.48. The molecule has 5 rings (SSSR count). The standard InChI is InChI=1S/C28H21N3O4S2/c1-4-18-19-20(21-26(29-18)30(3)28(35)31(5-2)27(21)34)23(33)25(37-17-14-10-7-11-15-17)24(22(19)32)36-16-12-8-6-9-13-16/h5-15H,2,4H2,1,3H3. The lowest BCUT2D eigenvalue weighted by molar-refractivity contribution is 0.0988. The molecular formula is C28H21N3O4S2. The van der Waals surface area contributed by atoms with Crippen LogP contribution >= 0.6 is 23.5 Å². The van der Waals surface area contributed by atoms with E-state index in [1.807, 2.05) is 67.6 Å². The Morgan fingerprint density at radius 2 is 1.35 bits per heavy atom. The van der Waals surface area contributed by atoms with E-state index in [0.29, 0.717) is 12.1 Å². The molecule has 0 saturated carbocycles. The largest absolute Gasteiger partial charge is 0.336 e. The molecule has 0 fully saturated rings. The predicted molar refractivity (Wildman–Crippen MR) is 147 cm³/mol. The van der Waals surface area contributed by atoms with E-state index in [0.717, 1.165) is 20.6 Å². The molecule has 1 aliphatic rings. The number of aryl methyl sites for hydroxylation is 2. The van der Waals surface area contributed by atoms with Gasteiger partial charge in [0.1, 0.15) is 5.65 Å². The molecule has 1 aliphatic carbocycles. The van der Waals surface area contributed by atoms with Crippen molar-refractivity contribution in [3.05, 3.63) is 115 Å². The lowest BCUT2D eigenvalue weighted by Crippen LogP contribution is -2.38. The summed E-state index contributed by atoms with van der Waals surface area (Å²) in [5.74, 6) is -0.818. The van der Waals surface area contributed by atoms with Gasteiger partial charge in [0.05, 0.1) is 32.0 Å². The highest BCUT2D eigenvalue weighted by Gasteiger charge is 2.38. The minimum absolute atomic E-state index is 0.0149. The summed E-state index contributed by atoms with van der Waals surface area (Å²) >= 11 is 2.40. The van der Waals surface area contributed by atoms with E-state index < -0.39 is 17.0 Å². The topological polar surface area (TPSA) is 91.0 Å². The van der Waals surface area contributed by atoms with Gasteiger partial charge in [-0.15, -0.1) is 0 Å². The van der Waals surface area contributed by atoms with Crippen LogP contribution in [0, 0.1) is 0 Å². The van der Waals surface area contributed by atoms with E-state index in [1.165, 1.54) is 35.1 Å². The van der Waals surface area contributed by atoms with Gasteiger partial charge in [0, 0.05) is 23.0 Å². The summed E-state index contributed by atoms with van der Waals surface area (Å²) in [4.78, 5) is 61.2. The number of pyridine rings is 1. The van der Waals surface area contributed by atoms with Crippen LogP contribution in [-0.2, 0) is 13.5 Å². The van der Waals surface area contributed by atoms with Crippen LogP contribution in [-0.4, -0.2) is 25.7 Å². The zero-order valence-electron chi connectivity index (χ0n) is 20.1. The van der Waals surface area contributed by atoms with E-state index in [9.17, 15) is 19.2 Å². The van der Waals surface area contributed by atoms with Crippen LogP contribution in [0.1, 0.15) is 33.3 Å². The summed E-state index contributed by atoms with van der Waals surface area (Å²) < 4.78 is 2.03. The first-order valence-corrected chi connectivity index (χ1v) is 13.1. The van der Waals surface area contributed by atoms with Crippen molar-refractivity contribution in [3.8, 4) is 0 Å². The van der Waals surface area contributed by atoms with Crippen molar-refractivity contribution < 1.29 is 9.59 Å². The Morgan fingerprint density at radius 1 is 0.838 bits per heavy atom. The fourth-order valence-electron chi connectivity index (χ4n) is 4.25. The van der Waals surface area contributed by atoms with Gasteiger partial charge in [-0.25, -0.2) is 14.3 Å². The average Bonchev–Trinajstić information content (AvgIpc) is 2.92. The predicted octanol–water partition coefficient (Wildman–Crippen LogP) is 4.93. The van der Waals surface area contributed by atoms with Crippen LogP contribution < -0.4 is 11.2 Å². The van der Waals surface area contributed by atoms with Crippen LogP contribution in [0.2, 0.25) is 0 Å². The molecule has 4 aromatic rings. The molecule has 0 N–H and O–H groups in total. The van der Waals surface area contributed by atoms with E-state index >= 15 is 0 Å². The first-order chi connectivity index (χ1) is 17.9. The quantitative estimate of drug-likeness (QED) is 0.351. The van der Waals surface area contributed by atoms with E-state index in [2.05, 4.69) is 11.6 Å². The Kier molecular flexibility index (Phi) is 6.57. The highest BCUT2D eigenvalue weighted by molar-refractivity contribution is 8.08. The van der Waals surface area contributed by atoms with Gasteiger partial charge in [-0.05, 0) is 30.7 Å². The van der Waals surface area contributed by atoms with Gasteiger partial charge in [0.2, 0.25) is 11.6 Å². The summed E-state index contributed by atoms with van der Waals surface area (Å²) in [5, 5.41) is -0.0672. The molecule has 0 spiro atoms. The molecule has 7 nitrogen and oxygen atoms in total. The zero-order valence-corrected chi connectivity index (χ0v) is 21.7. The van der Waals surface area contributed by atoms with Crippen LogP contribution in [0.3, 0.4) is 0 Å². The Labute approximate surface area is 220 Å². The third-order valence-electron chi connectivity index (χ3n) is 6.01. The fourth-order valence-corrected chi connectivity index (χ4v) is 6.31. The van der Waals surface area contributed by atoms with Gasteiger partial charge >= 0.3 is 5.69 Å². The molecule has 2 heterocycles. The van der Waals surface area contributed by atoms with Crippen molar-refractivity contribution >= 4 is 52.3 Å². The molecule has 2 aromatic heterocycles. The summed E-state index contributed by atoms with van der Waals surface area (Å²) in [6.07, 6.45) is 1.44. The maximum Gasteiger partial charge on any atom is 0.336 e. The molecule has 0 bridgehead atoms. The molecule has 2 aromatic carbocycles. The lowest BCUT2D eigenvalue weighted by atomic mass is 9.90. The number of hydrogen-bond donors (Lipinski definition) is 0. The molecule has 9 heteroatoms. The second kappa shape index (κ2) is 9.84. The number of benzene rings is 2. The molecule has 37 heavy (non-hydrogen) atoms. The lowest BCUT2D eigenvalue weighted by Gasteiger charge is -2.24. The van der Waals surface area contributed by atoms with Gasteiger partial charge in [0.15, 0.2) is 0 Å². The number of allylic oxidation sites excluding steroid dienone is 2. The third kappa shape index (κ3) is 4.10. The normalized spacial score (nSPS) is 13.2. The summed E-state index contributed by atoms with van der Waals surface area (Å²) in [6.45, 7) is 5.39. The monoisotopic (exact) mass is 527 g/mol. The number of aromatic nitrogens is 3. The van der Waals surface area contributed by atoms with Gasteiger partial charge in [-0.3, -0.25) is 19.0 Å². The third-order valence-corrected chi connectivity index (χ3v) is 8.35. The summed E-state index contributed by atoms with van der Waals surface area (Å²) in [6, 6.07) is 18.6. The van der Waals surface area contributed by atoms with Gasteiger partial charge in [-0.1, -0.05) is 73.4 Å². The van der Waals surface area contributed by atoms with Gasteiger partial charge in [0.25, 0.3) is 5.56 Å². The Balaban J connectivity index is 1.86. The SMILES string of the molecule is C=Cn1c(=O)c2c3c(c(CC)nc2n(C)c1=O)C(=O)C(Sc1ccccc1)=C(Sc1ccccc1)C3=O. The van der Waals surface area contributed by atoms with E-state index in [-0.39, 0.29) is 37.8 Å². The number of carbonyl (C=O) groups excluding carboxylic acids is 2. The molecule has 0 saturated heterocycles. The first kappa shape index (κ1) is 24.7. The minimum atomic E-state index is -0.733. The Bertz CT molecular complexity index is 1750. The smallest absolute Gasteiger partial charge is 0.288 e. The maximum absolute atomic E-state index is 14.3. The number of rotatable bonds is 6. The number of Topliss-reactive ketones (excluding diaryl/α,β-unsaturated/α-hetero) is 2. The van der Waals surface area contributed by atoms with Crippen LogP contribution in [0.5, 0.6) is 0 Å². The molecule has 184 valence electrons. The van der Waals surface area contributed by atoms with E-state index in [4.69, 9.17) is 0 Å². The van der Waals surface area contributed by atoms with Crippen molar-refractivity contribution in [2.45, 2.75) is 23.1 Å². The molecular weight excluding hydrogens is 506 g/mol. The maximum atomic E-state index is 14.3. The van der Waals surface area contributed by atoms with Gasteiger partial charge < -0.3 is 0 Å². The zero-order chi connectivity index (χ0) is 26.3. The number of hydrogen-bond acceptors (Lipinski definition) is 7. The van der Waals surface area contributed by atoms with Crippen LogP contribution in [0.25, 0.3) is 17.2 Å². The molecule has 0 amide bonds. The number of fused-ring (bicyclic) bond motifs is 3. The van der Waals surface area contributed by atoms with Crippen molar-refractivity contribution in [2.75, 3.05) is 0 Å². The minimum Gasteiger partial charge on any atom is -0.288 e. The second-order valence-electron chi connectivity index (χ2n) is 8.21. The molecule has 0 atom stereocenters. The Hall–Kier alpha value is -3.95. The molecule has 0 radical (unpaired) electrons. The highest BCUT2D eigenvalue weighted by Crippen LogP contribution is 2.45. The van der Waals surface area contributed by atoms with E-state index in [1.54, 1.807) is 0 Å². The van der Waals surface area contributed by atoms with Crippen LogP contribution in [0.4, 0.5) is 0 Å². The highest BCUT2D eigenvalue weighted by atomic mass is 32.2. The fraction of sp³-hybridized carbons (Fsp3) is 0.107. The van der Waals surface area contributed by atoms with Crippen molar-refractivity contribution in [1.82, 2.24) is 14.1 Å². The number of carbonyl (C=O) groups is 2. The summed E-state index contributed by atoms with van der Waals surface area (Å²) in [5.41, 5.74) is -0.842. The molecule has 0 aliphatic heterocycles. The number of nitrogens with zero attached hydrogens (tertiary/aromatic N) is 3. The first-order valence-electron chi connectivity index (χ1n) is 11.5. The van der Waals surface area contributed by atoms with Crippen LogP contribution in [0.15, 0.2) is 96.4 Å². The van der Waals surface area contributed by atoms with Crippen molar-refractivity contribution in [2.24, 2.45) is 7.05 Å². The number of ketones is 2.